The van der Waals surface area contributed by atoms with E-state index >= 15 is 0 Å². The maximum Gasteiger partial charge on any atom is 0.347 e. The van der Waals surface area contributed by atoms with Gasteiger partial charge in [0.05, 0.1) is 13.2 Å². The molecule has 0 radical (unpaired) electrons. The fourth-order valence-electron chi connectivity index (χ4n) is 1.88. The van der Waals surface area contributed by atoms with Crippen molar-refractivity contribution >= 4 is 5.97 Å². The van der Waals surface area contributed by atoms with Crippen LogP contribution in [0.2, 0.25) is 0 Å². The van der Waals surface area contributed by atoms with E-state index in [1.54, 1.807) is 7.11 Å². The molecule has 1 aliphatic rings. The van der Waals surface area contributed by atoms with Gasteiger partial charge in [0.15, 0.2) is 6.10 Å². The summed E-state index contributed by atoms with van der Waals surface area (Å²) in [6, 6.07) is 7.56. The number of carbonyl (C=O) groups is 1. The molecule has 1 aliphatic heterocycles. The third kappa shape index (κ3) is 1.88. The van der Waals surface area contributed by atoms with Gasteiger partial charge in [-0.05, 0) is 6.07 Å². The van der Waals surface area contributed by atoms with E-state index in [0.29, 0.717) is 12.2 Å². The smallest absolute Gasteiger partial charge is 0.347 e. The van der Waals surface area contributed by atoms with Crippen LogP contribution in [-0.4, -0.2) is 26.3 Å². The molecular formula is C12H14O4. The van der Waals surface area contributed by atoms with Crippen molar-refractivity contribution in [1.29, 1.82) is 0 Å². The van der Waals surface area contributed by atoms with Gasteiger partial charge < -0.3 is 14.2 Å². The second-order valence-electron chi connectivity index (χ2n) is 3.63. The molecule has 1 aromatic rings. The molecule has 0 N–H and O–H groups in total. The second-order valence-corrected chi connectivity index (χ2v) is 3.63. The van der Waals surface area contributed by atoms with Crippen LogP contribution in [-0.2, 0) is 14.3 Å². The Morgan fingerprint density at radius 3 is 2.81 bits per heavy atom. The molecule has 0 aliphatic carbocycles. The number of fused-ring (bicyclic) bond motifs is 1. The molecule has 0 spiro atoms. The number of hydrogen-bond donors (Lipinski definition) is 0. The van der Waals surface area contributed by atoms with Gasteiger partial charge in [0.2, 0.25) is 0 Å². The average molecular weight is 222 g/mol. The van der Waals surface area contributed by atoms with Gasteiger partial charge in [0.1, 0.15) is 5.75 Å². The molecule has 16 heavy (non-hydrogen) atoms. The van der Waals surface area contributed by atoms with Gasteiger partial charge >= 0.3 is 5.97 Å². The van der Waals surface area contributed by atoms with Crippen molar-refractivity contribution in [3.8, 4) is 5.75 Å². The Hall–Kier alpha value is -1.55. The highest BCUT2D eigenvalue weighted by atomic mass is 16.6. The Bertz CT molecular complexity index is 388. The number of ether oxygens (including phenoxy) is 3. The molecule has 0 saturated carbocycles. The van der Waals surface area contributed by atoms with Gasteiger partial charge in [0.25, 0.3) is 0 Å². The predicted octanol–water partition coefficient (Wildman–Crippen LogP) is 1.70. The van der Waals surface area contributed by atoms with Crippen molar-refractivity contribution in [2.45, 2.75) is 18.6 Å². The zero-order valence-electron chi connectivity index (χ0n) is 9.30. The highest BCUT2D eigenvalue weighted by Crippen LogP contribution is 2.36. The number of carbonyl (C=O) groups excluding carboxylic acids is 1. The van der Waals surface area contributed by atoms with Gasteiger partial charge in [0, 0.05) is 19.1 Å². The van der Waals surface area contributed by atoms with E-state index < -0.39 is 6.10 Å². The molecule has 86 valence electrons. The minimum Gasteiger partial charge on any atom is -0.478 e. The molecule has 2 atom stereocenters. The van der Waals surface area contributed by atoms with Crippen LogP contribution < -0.4 is 4.74 Å². The summed E-state index contributed by atoms with van der Waals surface area (Å²) in [5.74, 6) is 0.326. The number of para-hydroxylation sites is 1. The third-order valence-electron chi connectivity index (χ3n) is 2.71. The second kappa shape index (κ2) is 4.53. The molecule has 0 amide bonds. The lowest BCUT2D eigenvalue weighted by Gasteiger charge is -2.29. The number of rotatable bonds is 2. The summed E-state index contributed by atoms with van der Waals surface area (Å²) in [4.78, 5) is 11.4. The molecule has 2 rings (SSSR count). The van der Waals surface area contributed by atoms with Crippen molar-refractivity contribution in [3.05, 3.63) is 29.8 Å². The largest absolute Gasteiger partial charge is 0.478 e. The quantitative estimate of drug-likeness (QED) is 0.714. The van der Waals surface area contributed by atoms with Crippen LogP contribution in [0.4, 0.5) is 0 Å². The zero-order chi connectivity index (χ0) is 11.5. The van der Waals surface area contributed by atoms with E-state index in [4.69, 9.17) is 9.47 Å². The molecule has 1 aromatic carbocycles. The fourth-order valence-corrected chi connectivity index (χ4v) is 1.88. The van der Waals surface area contributed by atoms with E-state index in [1.807, 2.05) is 24.3 Å². The van der Waals surface area contributed by atoms with Gasteiger partial charge in [-0.15, -0.1) is 0 Å². The average Bonchev–Trinajstić information content (AvgIpc) is 2.36. The van der Waals surface area contributed by atoms with Crippen molar-refractivity contribution < 1.29 is 19.0 Å². The van der Waals surface area contributed by atoms with Gasteiger partial charge in [-0.3, -0.25) is 0 Å². The van der Waals surface area contributed by atoms with Crippen molar-refractivity contribution in [2.24, 2.45) is 0 Å². The van der Waals surface area contributed by atoms with Crippen LogP contribution >= 0.6 is 0 Å². The molecule has 0 aromatic heterocycles. The maximum absolute atomic E-state index is 11.4. The molecule has 0 fully saturated rings. The number of hydrogen-bond acceptors (Lipinski definition) is 4. The molecule has 0 bridgehead atoms. The van der Waals surface area contributed by atoms with Crippen LogP contribution in [0.1, 0.15) is 18.1 Å². The third-order valence-corrected chi connectivity index (χ3v) is 2.71. The summed E-state index contributed by atoms with van der Waals surface area (Å²) >= 11 is 0. The lowest BCUT2D eigenvalue weighted by molar-refractivity contribution is -0.151. The van der Waals surface area contributed by atoms with E-state index in [0.717, 1.165) is 5.56 Å². The summed E-state index contributed by atoms with van der Waals surface area (Å²) in [5.41, 5.74) is 0.977. The summed E-state index contributed by atoms with van der Waals surface area (Å²) in [7, 11) is 2.98. The lowest BCUT2D eigenvalue weighted by atomic mass is 9.99. The van der Waals surface area contributed by atoms with E-state index in [9.17, 15) is 4.79 Å². The fraction of sp³-hybridized carbons (Fsp3) is 0.417. The highest BCUT2D eigenvalue weighted by molar-refractivity contribution is 5.75. The first-order valence-corrected chi connectivity index (χ1v) is 5.12. The Kier molecular flexibility index (Phi) is 3.10. The molecule has 4 heteroatoms. The lowest BCUT2D eigenvalue weighted by Crippen LogP contribution is -2.34. The Labute approximate surface area is 94.1 Å². The predicted molar refractivity (Wildman–Crippen MR) is 57.2 cm³/mol. The summed E-state index contributed by atoms with van der Waals surface area (Å²) in [6.07, 6.45) is -0.209. The summed E-state index contributed by atoms with van der Waals surface area (Å²) in [6.45, 7) is 0. The van der Waals surface area contributed by atoms with Crippen LogP contribution in [0, 0.1) is 0 Å². The number of methoxy groups -OCH3 is 2. The summed E-state index contributed by atoms with van der Waals surface area (Å²) < 4.78 is 15.6. The van der Waals surface area contributed by atoms with Crippen molar-refractivity contribution in [3.63, 3.8) is 0 Å². The zero-order valence-corrected chi connectivity index (χ0v) is 9.30. The first-order chi connectivity index (χ1) is 7.76. The van der Waals surface area contributed by atoms with E-state index in [2.05, 4.69) is 4.74 Å². The van der Waals surface area contributed by atoms with Crippen LogP contribution in [0.5, 0.6) is 5.75 Å². The Morgan fingerprint density at radius 1 is 1.38 bits per heavy atom. The van der Waals surface area contributed by atoms with E-state index in [1.165, 1.54) is 7.11 Å². The minimum absolute atomic E-state index is 0.117. The van der Waals surface area contributed by atoms with E-state index in [-0.39, 0.29) is 12.1 Å². The Balaban J connectivity index is 2.28. The normalized spacial score (nSPS) is 23.1. The Morgan fingerprint density at radius 2 is 2.12 bits per heavy atom. The van der Waals surface area contributed by atoms with Crippen LogP contribution in [0.3, 0.4) is 0 Å². The van der Waals surface area contributed by atoms with Gasteiger partial charge in [-0.2, -0.15) is 0 Å². The molecule has 0 saturated heterocycles. The number of esters is 1. The maximum atomic E-state index is 11.4. The molecule has 1 unspecified atom stereocenters. The van der Waals surface area contributed by atoms with Gasteiger partial charge in [-0.25, -0.2) is 4.79 Å². The monoisotopic (exact) mass is 222 g/mol. The topological polar surface area (TPSA) is 44.8 Å². The SMILES string of the molecule is COC(=O)C1C[C@@H](OC)c2ccccc2O1. The first-order valence-electron chi connectivity index (χ1n) is 5.12. The summed E-state index contributed by atoms with van der Waals surface area (Å²) in [5, 5.41) is 0. The number of benzene rings is 1. The van der Waals surface area contributed by atoms with Crippen molar-refractivity contribution in [2.75, 3.05) is 14.2 Å². The molecule has 4 nitrogen and oxygen atoms in total. The van der Waals surface area contributed by atoms with Crippen molar-refractivity contribution in [1.82, 2.24) is 0 Å². The highest BCUT2D eigenvalue weighted by Gasteiger charge is 2.33. The minimum atomic E-state index is -0.579. The standard InChI is InChI=1S/C12H14O4/c1-14-10-7-11(12(13)15-2)16-9-6-4-3-5-8(9)10/h3-6,10-11H,7H2,1-2H3/t10-,11?/m1/s1. The van der Waals surface area contributed by atoms with Crippen LogP contribution in [0.25, 0.3) is 0 Å². The molecule has 1 heterocycles. The van der Waals surface area contributed by atoms with Crippen LogP contribution in [0.15, 0.2) is 24.3 Å². The van der Waals surface area contributed by atoms with Gasteiger partial charge in [-0.1, -0.05) is 18.2 Å². The molecular weight excluding hydrogens is 208 g/mol. The first kappa shape index (κ1) is 11.0.